The number of H-pyrrole nitrogens is 1. The second-order valence-corrected chi connectivity index (χ2v) is 5.48. The second-order valence-electron chi connectivity index (χ2n) is 5.48. The van der Waals surface area contributed by atoms with Crippen molar-refractivity contribution in [2.24, 2.45) is 0 Å². The minimum Gasteiger partial charge on any atom is -0.426 e. The first-order valence-electron chi connectivity index (χ1n) is 7.46. The van der Waals surface area contributed by atoms with E-state index in [-0.39, 0.29) is 17.4 Å². The number of hydrogen-bond acceptors (Lipinski definition) is 4. The van der Waals surface area contributed by atoms with Crippen LogP contribution < -0.4 is 4.74 Å². The highest BCUT2D eigenvalue weighted by atomic mass is 16.5. The average molecular weight is 316 g/mol. The third-order valence-corrected chi connectivity index (χ3v) is 3.93. The molecule has 2 rings (SSSR count). The maximum Gasteiger partial charge on any atom is 0.308 e. The number of likely N-dealkylation sites (N-methyl/N-ethyl adjacent to an activating group) is 1. The molecule has 1 N–H and O–H groups in total. The van der Waals surface area contributed by atoms with Crippen LogP contribution in [-0.4, -0.2) is 40.6 Å². The summed E-state index contributed by atoms with van der Waals surface area (Å²) in [4.78, 5) is 40.5. The van der Waals surface area contributed by atoms with Crippen LogP contribution in [0, 0.1) is 0 Å². The number of nitrogens with one attached hydrogen (secondary N) is 1. The molecule has 1 atom stereocenters. The number of esters is 1. The number of hydrogen-bond donors (Lipinski definition) is 1. The molecule has 0 aliphatic carbocycles. The minimum absolute atomic E-state index is 0.0374. The molecule has 0 spiro atoms. The Balaban J connectivity index is 2.45. The number of ether oxygens (including phenoxy) is 1. The quantitative estimate of drug-likeness (QED) is 0.398. The van der Waals surface area contributed by atoms with Crippen LogP contribution in [0.2, 0.25) is 0 Å². The summed E-state index contributed by atoms with van der Waals surface area (Å²) < 4.78 is 5.15. The fourth-order valence-corrected chi connectivity index (χ4v) is 2.32. The lowest BCUT2D eigenvalue weighted by atomic mass is 10.1. The Morgan fingerprint density at radius 3 is 2.61 bits per heavy atom. The van der Waals surface area contributed by atoms with E-state index in [1.54, 1.807) is 25.2 Å². The summed E-state index contributed by atoms with van der Waals surface area (Å²) in [6.07, 6.45) is 2.23. The number of fused-ring (bicyclic) bond motifs is 1. The Kier molecular flexibility index (Phi) is 4.83. The van der Waals surface area contributed by atoms with Gasteiger partial charge >= 0.3 is 5.97 Å². The maximum absolute atomic E-state index is 12.6. The zero-order chi connectivity index (χ0) is 17.1. The molecule has 1 heterocycles. The fourth-order valence-electron chi connectivity index (χ4n) is 2.32. The molecule has 1 amide bonds. The number of rotatable bonds is 5. The van der Waals surface area contributed by atoms with E-state index in [2.05, 4.69) is 4.98 Å². The number of amides is 1. The zero-order valence-corrected chi connectivity index (χ0v) is 13.7. The molecular weight excluding hydrogens is 296 g/mol. The van der Waals surface area contributed by atoms with Crippen LogP contribution in [0.1, 0.15) is 37.6 Å². The van der Waals surface area contributed by atoms with Gasteiger partial charge in [0.1, 0.15) is 5.75 Å². The van der Waals surface area contributed by atoms with E-state index in [0.717, 1.165) is 6.42 Å². The first kappa shape index (κ1) is 16.7. The topological polar surface area (TPSA) is 79.5 Å². The number of carbonyl (C=O) groups is 3. The highest BCUT2D eigenvalue weighted by molar-refractivity contribution is 6.45. The molecule has 0 saturated heterocycles. The van der Waals surface area contributed by atoms with E-state index in [1.165, 1.54) is 18.0 Å². The summed E-state index contributed by atoms with van der Waals surface area (Å²) in [5.41, 5.74) is 0.836. The van der Waals surface area contributed by atoms with Gasteiger partial charge in [0.2, 0.25) is 0 Å². The highest BCUT2D eigenvalue weighted by Crippen LogP contribution is 2.29. The largest absolute Gasteiger partial charge is 0.426 e. The van der Waals surface area contributed by atoms with Gasteiger partial charge in [-0.1, -0.05) is 13.0 Å². The highest BCUT2D eigenvalue weighted by Gasteiger charge is 2.26. The van der Waals surface area contributed by atoms with Gasteiger partial charge in [-0.2, -0.15) is 0 Å². The van der Waals surface area contributed by atoms with E-state index in [1.807, 2.05) is 13.8 Å². The monoisotopic (exact) mass is 316 g/mol. The van der Waals surface area contributed by atoms with E-state index in [9.17, 15) is 14.4 Å². The summed E-state index contributed by atoms with van der Waals surface area (Å²) in [5.74, 6) is -1.43. The van der Waals surface area contributed by atoms with Gasteiger partial charge in [-0.25, -0.2) is 0 Å². The van der Waals surface area contributed by atoms with Gasteiger partial charge in [-0.3, -0.25) is 14.4 Å². The van der Waals surface area contributed by atoms with Crippen molar-refractivity contribution in [1.29, 1.82) is 0 Å². The van der Waals surface area contributed by atoms with Gasteiger partial charge in [0.05, 0.1) is 10.9 Å². The van der Waals surface area contributed by atoms with Crippen molar-refractivity contribution in [3.8, 4) is 5.75 Å². The van der Waals surface area contributed by atoms with Crippen molar-refractivity contribution >= 4 is 28.6 Å². The van der Waals surface area contributed by atoms with E-state index < -0.39 is 17.7 Å². The van der Waals surface area contributed by atoms with Crippen molar-refractivity contribution < 1.29 is 19.1 Å². The summed E-state index contributed by atoms with van der Waals surface area (Å²) in [6, 6.07) is 5.02. The van der Waals surface area contributed by atoms with Crippen molar-refractivity contribution in [3.05, 3.63) is 30.0 Å². The van der Waals surface area contributed by atoms with E-state index >= 15 is 0 Å². The average Bonchev–Trinajstić information content (AvgIpc) is 2.96. The summed E-state index contributed by atoms with van der Waals surface area (Å²) >= 11 is 0. The van der Waals surface area contributed by atoms with Crippen molar-refractivity contribution in [3.63, 3.8) is 0 Å². The van der Waals surface area contributed by atoms with Crippen LogP contribution in [0.15, 0.2) is 24.4 Å². The molecule has 0 bridgehead atoms. The van der Waals surface area contributed by atoms with E-state index in [4.69, 9.17) is 4.74 Å². The lowest BCUT2D eigenvalue weighted by Gasteiger charge is -2.22. The third-order valence-electron chi connectivity index (χ3n) is 3.93. The van der Waals surface area contributed by atoms with Crippen molar-refractivity contribution in [1.82, 2.24) is 9.88 Å². The molecule has 23 heavy (non-hydrogen) atoms. The Morgan fingerprint density at radius 1 is 1.30 bits per heavy atom. The van der Waals surface area contributed by atoms with Gasteiger partial charge in [0, 0.05) is 31.7 Å². The van der Waals surface area contributed by atoms with Crippen LogP contribution in [0.3, 0.4) is 0 Å². The standard InChI is InChI=1S/C17H20N2O4/c1-5-10(2)19(4)17(22)16(21)12-9-18-13-7-6-8-14(15(12)13)23-11(3)20/h6-10,18H,5H2,1-4H3. The molecule has 2 aromatic rings. The number of ketones is 1. The molecule has 122 valence electrons. The maximum atomic E-state index is 12.6. The van der Waals surface area contributed by atoms with Crippen LogP contribution in [0.5, 0.6) is 5.75 Å². The van der Waals surface area contributed by atoms with Crippen molar-refractivity contribution in [2.75, 3.05) is 7.05 Å². The fraction of sp³-hybridized carbons (Fsp3) is 0.353. The molecule has 1 aromatic carbocycles. The van der Waals surface area contributed by atoms with Gasteiger partial charge in [0.15, 0.2) is 0 Å². The van der Waals surface area contributed by atoms with Gasteiger partial charge in [-0.15, -0.1) is 0 Å². The molecule has 0 aliphatic rings. The van der Waals surface area contributed by atoms with E-state index in [0.29, 0.717) is 10.9 Å². The smallest absolute Gasteiger partial charge is 0.308 e. The van der Waals surface area contributed by atoms with Crippen LogP contribution in [-0.2, 0) is 9.59 Å². The first-order chi connectivity index (χ1) is 10.9. The predicted octanol–water partition coefficient (Wildman–Crippen LogP) is 2.53. The number of aromatic amines is 1. The lowest BCUT2D eigenvalue weighted by molar-refractivity contribution is -0.131. The molecule has 6 heteroatoms. The number of carbonyl (C=O) groups excluding carboxylic acids is 3. The first-order valence-corrected chi connectivity index (χ1v) is 7.46. The lowest BCUT2D eigenvalue weighted by Crippen LogP contribution is -2.39. The van der Waals surface area contributed by atoms with Crippen LogP contribution >= 0.6 is 0 Å². The predicted molar refractivity (Wildman–Crippen MR) is 86.5 cm³/mol. The summed E-state index contributed by atoms with van der Waals surface area (Å²) in [5, 5.41) is 0.443. The van der Waals surface area contributed by atoms with Crippen molar-refractivity contribution in [2.45, 2.75) is 33.2 Å². The molecule has 6 nitrogen and oxygen atoms in total. The second kappa shape index (κ2) is 6.64. The minimum atomic E-state index is -0.626. The molecule has 0 radical (unpaired) electrons. The Morgan fingerprint density at radius 2 is 2.00 bits per heavy atom. The third kappa shape index (κ3) is 3.26. The summed E-state index contributed by atoms with van der Waals surface area (Å²) in [6.45, 7) is 5.11. The number of Topliss-reactive ketones (excluding diaryl/α,β-unsaturated/α-hetero) is 1. The van der Waals surface area contributed by atoms with Gasteiger partial charge in [0.25, 0.3) is 11.7 Å². The SMILES string of the molecule is CCC(C)N(C)C(=O)C(=O)c1c[nH]c2cccc(OC(C)=O)c12. The number of aromatic nitrogens is 1. The molecule has 0 fully saturated rings. The van der Waals surface area contributed by atoms with Gasteiger partial charge in [-0.05, 0) is 25.5 Å². The van der Waals surface area contributed by atoms with Crippen LogP contribution in [0.25, 0.3) is 10.9 Å². The molecular formula is C17H20N2O4. The Hall–Kier alpha value is -2.63. The van der Waals surface area contributed by atoms with Crippen LogP contribution in [0.4, 0.5) is 0 Å². The Bertz CT molecular complexity index is 763. The molecule has 1 unspecified atom stereocenters. The Labute approximate surface area is 134 Å². The zero-order valence-electron chi connectivity index (χ0n) is 13.7. The molecule has 1 aromatic heterocycles. The number of benzene rings is 1. The number of nitrogens with zero attached hydrogens (tertiary/aromatic N) is 1. The summed E-state index contributed by atoms with van der Waals surface area (Å²) in [7, 11) is 1.61. The molecule has 0 saturated carbocycles. The van der Waals surface area contributed by atoms with Gasteiger partial charge < -0.3 is 14.6 Å². The normalized spacial score (nSPS) is 12.0. The molecule has 0 aliphatic heterocycles.